The van der Waals surface area contributed by atoms with E-state index in [2.05, 4.69) is 15.4 Å². The number of carbonyl (C=O) groups is 2. The van der Waals surface area contributed by atoms with Gasteiger partial charge in [-0.2, -0.15) is 23.5 Å². The van der Waals surface area contributed by atoms with Gasteiger partial charge in [0.1, 0.15) is 6.54 Å². The summed E-state index contributed by atoms with van der Waals surface area (Å²) in [6.07, 6.45) is -0.693. The molecule has 3 aromatic heterocycles. The number of benzene rings is 1. The van der Waals surface area contributed by atoms with Crippen LogP contribution in [0.1, 0.15) is 16.1 Å². The fourth-order valence-corrected chi connectivity index (χ4v) is 4.92. The summed E-state index contributed by atoms with van der Waals surface area (Å²) in [5.74, 6) is -0.432. The number of hydrogen-bond acceptors (Lipinski definition) is 7. The molecule has 1 saturated heterocycles. The minimum absolute atomic E-state index is 0.0797. The Hall–Kier alpha value is -4.61. The summed E-state index contributed by atoms with van der Waals surface area (Å²) in [7, 11) is 0. The quantitative estimate of drug-likeness (QED) is 0.354. The fourth-order valence-electron chi connectivity index (χ4n) is 4.66. The first kappa shape index (κ1) is 27.9. The first-order valence-electron chi connectivity index (χ1n) is 12.4. The van der Waals surface area contributed by atoms with Gasteiger partial charge in [-0.05, 0) is 30.3 Å². The molecule has 1 aliphatic heterocycles. The highest BCUT2D eigenvalue weighted by atomic mass is 35.5. The van der Waals surface area contributed by atoms with Crippen molar-refractivity contribution in [2.45, 2.75) is 12.7 Å². The van der Waals surface area contributed by atoms with Crippen molar-refractivity contribution in [3.8, 4) is 17.3 Å². The molecule has 212 valence electrons. The molecule has 1 aromatic carbocycles. The van der Waals surface area contributed by atoms with Crippen molar-refractivity contribution < 1.29 is 22.8 Å². The van der Waals surface area contributed by atoms with Gasteiger partial charge in [-0.1, -0.05) is 11.6 Å². The number of carbonyl (C=O) groups excluding carboxylic acids is 2. The number of piperazine rings is 1. The Morgan fingerprint density at radius 3 is 2.54 bits per heavy atom. The zero-order chi connectivity index (χ0) is 29.3. The second-order valence-corrected chi connectivity index (χ2v) is 9.61. The number of pyridine rings is 1. The molecule has 11 nitrogen and oxygen atoms in total. The van der Waals surface area contributed by atoms with Gasteiger partial charge in [0.2, 0.25) is 5.91 Å². The zero-order valence-corrected chi connectivity index (χ0v) is 22.2. The van der Waals surface area contributed by atoms with Gasteiger partial charge in [0.15, 0.2) is 11.3 Å². The van der Waals surface area contributed by atoms with Crippen LogP contribution in [0.2, 0.25) is 5.02 Å². The van der Waals surface area contributed by atoms with Gasteiger partial charge >= 0.3 is 6.18 Å². The Balaban J connectivity index is 1.38. The summed E-state index contributed by atoms with van der Waals surface area (Å²) in [5.41, 5.74) is 5.87. The number of nitriles is 1. The molecule has 2 amide bonds. The van der Waals surface area contributed by atoms with E-state index in [9.17, 15) is 22.8 Å². The van der Waals surface area contributed by atoms with Crippen LogP contribution >= 0.6 is 11.6 Å². The van der Waals surface area contributed by atoms with Crippen LogP contribution in [-0.2, 0) is 17.5 Å². The Morgan fingerprint density at radius 2 is 1.88 bits per heavy atom. The number of alkyl halides is 3. The van der Waals surface area contributed by atoms with E-state index in [4.69, 9.17) is 22.6 Å². The lowest BCUT2D eigenvalue weighted by Crippen LogP contribution is -2.51. The van der Waals surface area contributed by atoms with Crippen LogP contribution in [0, 0.1) is 11.3 Å². The molecule has 0 radical (unpaired) electrons. The van der Waals surface area contributed by atoms with Crippen LogP contribution in [0.3, 0.4) is 0 Å². The fraction of sp³-hybridized carbons (Fsp3) is 0.269. The monoisotopic (exact) mass is 585 g/mol. The SMILES string of the molecule is N#CCn1cc(-c2cnc3c(Nc4ccc(C(=O)N5CCN(C(=O)CN)CC5)c(Cl)c4)cccn23)c(C(F)(F)F)n1. The number of nitrogens with zero attached hydrogens (tertiary/aromatic N) is 7. The molecule has 3 N–H and O–H groups in total. The Labute approximate surface area is 236 Å². The van der Waals surface area contributed by atoms with E-state index in [1.807, 2.05) is 0 Å². The molecule has 4 heterocycles. The molecule has 5 rings (SSSR count). The standard InChI is InChI=1S/C26H23ClF3N9O2/c27-19-12-16(3-4-17(19)25(41)37-10-8-36(9-11-37)22(40)13-32)34-20-2-1-6-39-21(14-33-24(20)39)18-15-38(7-5-31)35-23(18)26(28,29)30/h1-4,6,12,14-15,34H,7-11,13,32H2. The molecule has 4 aromatic rings. The zero-order valence-electron chi connectivity index (χ0n) is 21.4. The number of amides is 2. The van der Waals surface area contributed by atoms with Gasteiger partial charge in [0.25, 0.3) is 5.91 Å². The van der Waals surface area contributed by atoms with Crippen molar-refractivity contribution in [2.75, 3.05) is 38.0 Å². The smallest absolute Gasteiger partial charge is 0.352 e. The lowest BCUT2D eigenvalue weighted by Gasteiger charge is -2.34. The van der Waals surface area contributed by atoms with Gasteiger partial charge in [-0.25, -0.2) is 4.98 Å². The Morgan fingerprint density at radius 1 is 1.15 bits per heavy atom. The summed E-state index contributed by atoms with van der Waals surface area (Å²) in [4.78, 5) is 32.4. The molecule has 0 spiro atoms. The Bertz CT molecular complexity index is 1670. The third-order valence-corrected chi connectivity index (χ3v) is 6.96. The summed E-state index contributed by atoms with van der Waals surface area (Å²) in [6.45, 7) is 1.07. The number of aromatic nitrogens is 4. The normalized spacial score (nSPS) is 13.9. The Kier molecular flexibility index (Phi) is 7.57. The van der Waals surface area contributed by atoms with Gasteiger partial charge < -0.3 is 20.9 Å². The number of rotatable bonds is 6. The van der Waals surface area contributed by atoms with Crippen LogP contribution in [0.5, 0.6) is 0 Å². The van der Waals surface area contributed by atoms with Crippen LogP contribution in [0.4, 0.5) is 24.5 Å². The van der Waals surface area contributed by atoms with Crippen LogP contribution in [0.25, 0.3) is 16.9 Å². The molecule has 0 atom stereocenters. The average molecular weight is 586 g/mol. The summed E-state index contributed by atoms with van der Waals surface area (Å²) in [6, 6.07) is 9.94. The summed E-state index contributed by atoms with van der Waals surface area (Å²) < 4.78 is 43.6. The molecule has 41 heavy (non-hydrogen) atoms. The van der Waals surface area contributed by atoms with Crippen molar-refractivity contribution >= 4 is 40.4 Å². The van der Waals surface area contributed by atoms with Crippen molar-refractivity contribution in [1.29, 1.82) is 5.26 Å². The highest BCUT2D eigenvalue weighted by Crippen LogP contribution is 2.37. The van der Waals surface area contributed by atoms with Crippen molar-refractivity contribution in [1.82, 2.24) is 29.0 Å². The van der Waals surface area contributed by atoms with E-state index >= 15 is 0 Å². The van der Waals surface area contributed by atoms with Crippen molar-refractivity contribution in [3.63, 3.8) is 0 Å². The topological polar surface area (TPSA) is 138 Å². The van der Waals surface area contributed by atoms with E-state index < -0.39 is 11.9 Å². The molecule has 15 heteroatoms. The number of fused-ring (bicyclic) bond motifs is 1. The van der Waals surface area contributed by atoms with Crippen molar-refractivity contribution in [3.05, 3.63) is 65.2 Å². The first-order valence-corrected chi connectivity index (χ1v) is 12.8. The third kappa shape index (κ3) is 5.54. The second-order valence-electron chi connectivity index (χ2n) is 9.20. The second kappa shape index (κ2) is 11.1. The molecule has 0 unspecified atom stereocenters. The van der Waals surface area contributed by atoms with Gasteiger partial charge in [-0.15, -0.1) is 0 Å². The van der Waals surface area contributed by atoms with E-state index in [0.29, 0.717) is 48.8 Å². The minimum Gasteiger partial charge on any atom is -0.352 e. The van der Waals surface area contributed by atoms with Crippen LogP contribution < -0.4 is 11.1 Å². The number of imidazole rings is 1. The highest BCUT2D eigenvalue weighted by molar-refractivity contribution is 6.34. The molecule has 0 bridgehead atoms. The molecular formula is C26H23ClF3N9O2. The van der Waals surface area contributed by atoms with Gasteiger partial charge in [0.05, 0.1) is 46.3 Å². The van der Waals surface area contributed by atoms with Gasteiger partial charge in [-0.3, -0.25) is 18.7 Å². The minimum atomic E-state index is -4.73. The third-order valence-electron chi connectivity index (χ3n) is 6.65. The maximum atomic E-state index is 13.7. The predicted molar refractivity (Wildman–Crippen MR) is 143 cm³/mol. The molecule has 1 aliphatic rings. The lowest BCUT2D eigenvalue weighted by molar-refractivity contribution is -0.141. The van der Waals surface area contributed by atoms with Crippen LogP contribution in [-0.4, -0.2) is 73.5 Å². The van der Waals surface area contributed by atoms with Gasteiger partial charge in [0, 0.05) is 44.3 Å². The maximum absolute atomic E-state index is 13.7. The summed E-state index contributed by atoms with van der Waals surface area (Å²) in [5, 5.41) is 15.8. The van der Waals surface area contributed by atoms with Crippen molar-refractivity contribution in [2.24, 2.45) is 5.73 Å². The maximum Gasteiger partial charge on any atom is 0.435 e. The summed E-state index contributed by atoms with van der Waals surface area (Å²) >= 11 is 6.47. The van der Waals surface area contributed by atoms with E-state index in [1.165, 1.54) is 16.8 Å². The number of nitrogens with two attached hydrogens (primary N) is 1. The first-order chi connectivity index (χ1) is 19.6. The molecule has 0 aliphatic carbocycles. The number of halogens is 4. The van der Waals surface area contributed by atoms with E-state index in [1.54, 1.807) is 52.4 Å². The molecule has 0 saturated carbocycles. The van der Waals surface area contributed by atoms with Crippen LogP contribution in [0.15, 0.2) is 48.9 Å². The molecular weight excluding hydrogens is 563 g/mol. The number of nitrogens with one attached hydrogen (secondary N) is 1. The largest absolute Gasteiger partial charge is 0.435 e. The average Bonchev–Trinajstić information content (AvgIpc) is 3.58. The number of anilines is 2. The predicted octanol–water partition coefficient (Wildman–Crippen LogP) is 3.38. The molecule has 1 fully saturated rings. The lowest BCUT2D eigenvalue weighted by atomic mass is 10.1. The van der Waals surface area contributed by atoms with E-state index in [-0.39, 0.29) is 41.2 Å². The highest BCUT2D eigenvalue weighted by Gasteiger charge is 2.38. The van der Waals surface area contributed by atoms with E-state index in [0.717, 1.165) is 4.68 Å². The number of hydrogen-bond donors (Lipinski definition) is 2.